The van der Waals surface area contributed by atoms with Gasteiger partial charge in [-0.25, -0.2) is 0 Å². The Hall–Kier alpha value is -2.42. The standard InChI is InChI=1S/C12H11N3O5S/c16-11(8-2-4-9(5-3-8)14(17)18)10(15(19)20)12-13-6-1-7-21-12/h2-5,13H,1,6-7H2/b12-10-. The quantitative estimate of drug-likeness (QED) is 0.391. The minimum atomic E-state index is -0.758. The van der Waals surface area contributed by atoms with E-state index in [1.54, 1.807) is 0 Å². The first-order valence-corrected chi connectivity index (χ1v) is 7.03. The van der Waals surface area contributed by atoms with E-state index in [4.69, 9.17) is 0 Å². The second kappa shape index (κ2) is 6.35. The summed E-state index contributed by atoms with van der Waals surface area (Å²) in [6.07, 6.45) is 0.866. The van der Waals surface area contributed by atoms with Crippen LogP contribution in [0.25, 0.3) is 0 Å². The molecule has 1 N–H and O–H groups in total. The van der Waals surface area contributed by atoms with Gasteiger partial charge in [0.15, 0.2) is 5.03 Å². The van der Waals surface area contributed by atoms with E-state index in [0.717, 1.165) is 18.6 Å². The summed E-state index contributed by atoms with van der Waals surface area (Å²) in [5, 5.41) is 24.8. The maximum Gasteiger partial charge on any atom is 0.346 e. The summed E-state index contributed by atoms with van der Waals surface area (Å²) in [5.74, 6) is -0.0560. The number of ketones is 1. The van der Waals surface area contributed by atoms with E-state index in [9.17, 15) is 25.0 Å². The molecular weight excluding hydrogens is 298 g/mol. The summed E-state index contributed by atoms with van der Waals surface area (Å²) in [5.41, 5.74) is -0.645. The van der Waals surface area contributed by atoms with Gasteiger partial charge in [0, 0.05) is 30.0 Å². The molecule has 0 saturated carbocycles. The van der Waals surface area contributed by atoms with Crippen molar-refractivity contribution in [3.8, 4) is 0 Å². The SMILES string of the molecule is O=C(/C(=C1\NCCCS1)[N+](=O)[O-])c1ccc([N+](=O)[O-])cc1. The third-order valence-corrected chi connectivity index (χ3v) is 3.93. The van der Waals surface area contributed by atoms with Gasteiger partial charge in [0.05, 0.1) is 9.85 Å². The van der Waals surface area contributed by atoms with E-state index < -0.39 is 21.3 Å². The summed E-state index contributed by atoms with van der Waals surface area (Å²) in [6, 6.07) is 4.74. The fourth-order valence-electron chi connectivity index (χ4n) is 1.79. The lowest BCUT2D eigenvalue weighted by atomic mass is 10.1. The third kappa shape index (κ3) is 3.37. The van der Waals surface area contributed by atoms with Crippen molar-refractivity contribution in [2.45, 2.75) is 6.42 Å². The monoisotopic (exact) mass is 309 g/mol. The highest BCUT2D eigenvalue weighted by molar-refractivity contribution is 8.03. The highest BCUT2D eigenvalue weighted by Crippen LogP contribution is 2.25. The molecule has 1 aliphatic rings. The van der Waals surface area contributed by atoms with Crippen LogP contribution >= 0.6 is 11.8 Å². The smallest absolute Gasteiger partial charge is 0.346 e. The molecule has 8 nitrogen and oxygen atoms in total. The van der Waals surface area contributed by atoms with Crippen LogP contribution in [0.1, 0.15) is 16.8 Å². The number of benzene rings is 1. The molecule has 0 amide bonds. The summed E-state index contributed by atoms with van der Waals surface area (Å²) in [6.45, 7) is 0.577. The maximum absolute atomic E-state index is 12.2. The van der Waals surface area contributed by atoms with Gasteiger partial charge in [-0.2, -0.15) is 0 Å². The highest BCUT2D eigenvalue weighted by atomic mass is 32.2. The Bertz CT molecular complexity index is 618. The molecule has 0 unspecified atom stereocenters. The molecule has 0 aliphatic carbocycles. The normalized spacial score (nSPS) is 16.8. The van der Waals surface area contributed by atoms with E-state index in [0.29, 0.717) is 12.3 Å². The van der Waals surface area contributed by atoms with Crippen LogP contribution < -0.4 is 5.32 Å². The number of Topliss-reactive ketones (excluding diaryl/α,β-unsaturated/α-hetero) is 1. The van der Waals surface area contributed by atoms with Crippen molar-refractivity contribution in [2.24, 2.45) is 0 Å². The fourth-order valence-corrected chi connectivity index (χ4v) is 2.79. The van der Waals surface area contributed by atoms with Crippen LogP contribution in [0.5, 0.6) is 0 Å². The number of nitro groups is 2. The summed E-state index contributed by atoms with van der Waals surface area (Å²) >= 11 is 1.23. The van der Waals surface area contributed by atoms with Crippen molar-refractivity contribution in [1.82, 2.24) is 5.32 Å². The molecule has 0 aromatic heterocycles. The topological polar surface area (TPSA) is 115 Å². The molecule has 0 radical (unpaired) electrons. The maximum atomic E-state index is 12.2. The zero-order valence-corrected chi connectivity index (χ0v) is 11.6. The molecule has 1 heterocycles. The number of nitro benzene ring substituents is 1. The van der Waals surface area contributed by atoms with Crippen LogP contribution in [0.3, 0.4) is 0 Å². The predicted molar refractivity (Wildman–Crippen MR) is 76.5 cm³/mol. The number of hydrogen-bond donors (Lipinski definition) is 1. The average Bonchev–Trinajstić information content (AvgIpc) is 2.48. The summed E-state index contributed by atoms with van der Waals surface area (Å²) < 4.78 is 0. The number of non-ortho nitro benzene ring substituents is 1. The Labute approximate surface area is 123 Å². The first-order chi connectivity index (χ1) is 10.0. The Balaban J connectivity index is 2.34. The van der Waals surface area contributed by atoms with Crippen molar-refractivity contribution in [3.63, 3.8) is 0 Å². The number of nitrogens with zero attached hydrogens (tertiary/aromatic N) is 2. The van der Waals surface area contributed by atoms with Crippen LogP contribution in [0.15, 0.2) is 35.0 Å². The van der Waals surface area contributed by atoms with Gasteiger partial charge in [-0.05, 0) is 18.6 Å². The second-order valence-electron chi connectivity index (χ2n) is 4.20. The molecule has 1 aromatic rings. The molecule has 0 atom stereocenters. The number of carbonyl (C=O) groups excluding carboxylic acids is 1. The number of carbonyl (C=O) groups is 1. The molecule has 9 heteroatoms. The van der Waals surface area contributed by atoms with E-state index in [-0.39, 0.29) is 16.3 Å². The van der Waals surface area contributed by atoms with Gasteiger partial charge in [0.1, 0.15) is 0 Å². The average molecular weight is 309 g/mol. The lowest BCUT2D eigenvalue weighted by Gasteiger charge is -2.15. The molecule has 1 fully saturated rings. The molecule has 2 rings (SSSR count). The molecule has 1 aromatic carbocycles. The van der Waals surface area contributed by atoms with Gasteiger partial charge >= 0.3 is 5.70 Å². The Morgan fingerprint density at radius 1 is 1.19 bits per heavy atom. The van der Waals surface area contributed by atoms with Crippen LogP contribution in [0.4, 0.5) is 5.69 Å². The van der Waals surface area contributed by atoms with Crippen molar-refractivity contribution in [2.75, 3.05) is 12.3 Å². The fraction of sp³-hybridized carbons (Fsp3) is 0.250. The van der Waals surface area contributed by atoms with Gasteiger partial charge in [-0.15, -0.1) is 11.8 Å². The van der Waals surface area contributed by atoms with Crippen LogP contribution in [-0.2, 0) is 0 Å². The summed E-state index contributed by atoms with van der Waals surface area (Å²) in [4.78, 5) is 32.6. The van der Waals surface area contributed by atoms with Crippen molar-refractivity contribution >= 4 is 23.2 Å². The zero-order chi connectivity index (χ0) is 15.4. The lowest BCUT2D eigenvalue weighted by molar-refractivity contribution is -0.417. The van der Waals surface area contributed by atoms with E-state index >= 15 is 0 Å². The molecule has 0 spiro atoms. The molecule has 21 heavy (non-hydrogen) atoms. The van der Waals surface area contributed by atoms with Gasteiger partial charge in [0.2, 0.25) is 0 Å². The van der Waals surface area contributed by atoms with Crippen LogP contribution in [0, 0.1) is 20.2 Å². The van der Waals surface area contributed by atoms with Gasteiger partial charge in [-0.1, -0.05) is 0 Å². The summed E-state index contributed by atoms with van der Waals surface area (Å²) in [7, 11) is 0. The van der Waals surface area contributed by atoms with Crippen molar-refractivity contribution in [3.05, 3.63) is 60.8 Å². The minimum absolute atomic E-state index is 0.0489. The van der Waals surface area contributed by atoms with Gasteiger partial charge < -0.3 is 5.32 Å². The number of hydrogen-bond acceptors (Lipinski definition) is 7. The van der Waals surface area contributed by atoms with E-state index in [1.807, 2.05) is 0 Å². The number of rotatable bonds is 4. The zero-order valence-electron chi connectivity index (χ0n) is 10.8. The second-order valence-corrected chi connectivity index (χ2v) is 5.30. The molecule has 1 aliphatic heterocycles. The largest absolute Gasteiger partial charge is 0.374 e. The number of nitrogens with one attached hydrogen (secondary N) is 1. The van der Waals surface area contributed by atoms with Crippen LogP contribution in [-0.4, -0.2) is 27.9 Å². The number of allylic oxidation sites excluding steroid dienone is 1. The molecule has 110 valence electrons. The predicted octanol–water partition coefficient (Wildman–Crippen LogP) is 1.95. The van der Waals surface area contributed by atoms with E-state index in [2.05, 4.69) is 5.32 Å². The highest BCUT2D eigenvalue weighted by Gasteiger charge is 2.30. The number of thioether (sulfide) groups is 1. The first-order valence-electron chi connectivity index (χ1n) is 6.05. The Kier molecular flexibility index (Phi) is 4.53. The third-order valence-electron chi connectivity index (χ3n) is 2.81. The van der Waals surface area contributed by atoms with Crippen LogP contribution in [0.2, 0.25) is 0 Å². The first kappa shape index (κ1) is 15.0. The molecular formula is C12H11N3O5S. The van der Waals surface area contributed by atoms with Crippen molar-refractivity contribution in [1.29, 1.82) is 0 Å². The van der Waals surface area contributed by atoms with Gasteiger partial charge in [0.25, 0.3) is 11.5 Å². The Morgan fingerprint density at radius 2 is 1.86 bits per heavy atom. The van der Waals surface area contributed by atoms with Crippen molar-refractivity contribution < 1.29 is 14.6 Å². The van der Waals surface area contributed by atoms with Gasteiger partial charge in [-0.3, -0.25) is 25.0 Å². The molecule has 0 bridgehead atoms. The molecule has 1 saturated heterocycles. The Morgan fingerprint density at radius 3 is 2.33 bits per heavy atom. The van der Waals surface area contributed by atoms with E-state index in [1.165, 1.54) is 23.9 Å². The lowest BCUT2D eigenvalue weighted by Crippen LogP contribution is -2.25. The minimum Gasteiger partial charge on any atom is -0.374 e.